The third-order valence-corrected chi connectivity index (χ3v) is 4.02. The first-order chi connectivity index (χ1) is 13.7. The van der Waals surface area contributed by atoms with Crippen molar-refractivity contribution in [3.63, 3.8) is 0 Å². The molecule has 0 saturated carbocycles. The van der Waals surface area contributed by atoms with Gasteiger partial charge in [0.2, 0.25) is 0 Å². The van der Waals surface area contributed by atoms with Gasteiger partial charge in [0.1, 0.15) is 0 Å². The Morgan fingerprint density at radius 1 is 0.552 bits per heavy atom. The van der Waals surface area contributed by atoms with E-state index >= 15 is 0 Å². The average molecular weight is 389 g/mol. The Morgan fingerprint density at radius 2 is 0.966 bits per heavy atom. The fourth-order valence-corrected chi connectivity index (χ4v) is 2.43. The number of hydrogen-bond acceptors (Lipinski definition) is 0. The maximum atomic E-state index is 3.82. The summed E-state index contributed by atoms with van der Waals surface area (Å²) in [6, 6.07) is 26.2. The predicted octanol–water partition coefficient (Wildman–Crippen LogP) is 5.01. The molecule has 0 bridgehead atoms. The zero-order valence-electron chi connectivity index (χ0n) is 17.6. The van der Waals surface area contributed by atoms with Gasteiger partial charge in [-0.1, -0.05) is 135 Å². The maximum absolute atomic E-state index is 3.82. The SMILES string of the molecule is C=Cc1ccccc1.C=Cc1ccccc1C=C.C=Cc1ccccc1C[CH2-].[Na+]. The normalized spacial score (nSPS) is 8.59. The molecule has 29 heavy (non-hydrogen) atoms. The van der Waals surface area contributed by atoms with Crippen LogP contribution in [0.25, 0.3) is 24.3 Å². The molecule has 0 radical (unpaired) electrons. The third kappa shape index (κ3) is 10.1. The summed E-state index contributed by atoms with van der Waals surface area (Å²) in [5.41, 5.74) is 5.90. The molecule has 0 N–H and O–H groups in total. The number of benzene rings is 3. The van der Waals surface area contributed by atoms with E-state index in [0.29, 0.717) is 0 Å². The molecule has 3 aromatic carbocycles. The van der Waals surface area contributed by atoms with E-state index < -0.39 is 0 Å². The molecule has 0 heterocycles. The number of hydrogen-bond donors (Lipinski definition) is 0. The Morgan fingerprint density at radius 3 is 1.31 bits per heavy atom. The van der Waals surface area contributed by atoms with Crippen LogP contribution < -0.4 is 29.6 Å². The molecule has 142 valence electrons. The van der Waals surface area contributed by atoms with E-state index in [1.165, 1.54) is 16.7 Å². The Hall–Kier alpha value is -2.38. The topological polar surface area (TPSA) is 0 Å². The van der Waals surface area contributed by atoms with Crippen molar-refractivity contribution in [3.05, 3.63) is 140 Å². The molecule has 0 nitrogen and oxygen atoms in total. The van der Waals surface area contributed by atoms with E-state index in [1.807, 2.05) is 97.1 Å². The fraction of sp³-hybridized carbons (Fsp3) is 0.0357. The van der Waals surface area contributed by atoms with Gasteiger partial charge in [0, 0.05) is 0 Å². The van der Waals surface area contributed by atoms with Crippen LogP contribution in [0.15, 0.2) is 105 Å². The second kappa shape index (κ2) is 16.6. The van der Waals surface area contributed by atoms with Crippen LogP contribution in [0.5, 0.6) is 0 Å². The third-order valence-electron chi connectivity index (χ3n) is 4.02. The van der Waals surface area contributed by atoms with E-state index in [-0.39, 0.29) is 29.6 Å². The molecule has 0 aliphatic rings. The van der Waals surface area contributed by atoms with Crippen molar-refractivity contribution in [1.82, 2.24) is 0 Å². The van der Waals surface area contributed by atoms with Crippen LogP contribution in [0.3, 0.4) is 0 Å². The largest absolute Gasteiger partial charge is 1.00 e. The van der Waals surface area contributed by atoms with Gasteiger partial charge in [-0.3, -0.25) is 0 Å². The summed E-state index contributed by atoms with van der Waals surface area (Å²) in [5.74, 6) is 0. The van der Waals surface area contributed by atoms with Gasteiger partial charge >= 0.3 is 29.6 Å². The predicted molar refractivity (Wildman–Crippen MR) is 129 cm³/mol. The van der Waals surface area contributed by atoms with E-state index in [1.54, 1.807) is 0 Å². The molecule has 3 aromatic rings. The first-order valence-electron chi connectivity index (χ1n) is 9.21. The monoisotopic (exact) mass is 388 g/mol. The minimum absolute atomic E-state index is 0. The van der Waals surface area contributed by atoms with E-state index in [0.717, 1.165) is 17.5 Å². The first-order valence-corrected chi connectivity index (χ1v) is 9.21. The minimum atomic E-state index is 0. The molecule has 0 amide bonds. The zero-order valence-corrected chi connectivity index (χ0v) is 19.6. The van der Waals surface area contributed by atoms with Crippen molar-refractivity contribution >= 4 is 24.3 Å². The van der Waals surface area contributed by atoms with Crippen molar-refractivity contribution in [1.29, 1.82) is 0 Å². The van der Waals surface area contributed by atoms with Gasteiger partial charge in [0.15, 0.2) is 0 Å². The van der Waals surface area contributed by atoms with Crippen LogP contribution in [0.2, 0.25) is 0 Å². The van der Waals surface area contributed by atoms with Gasteiger partial charge in [0.05, 0.1) is 0 Å². The summed E-state index contributed by atoms with van der Waals surface area (Å²) in [5, 5.41) is 0. The average Bonchev–Trinajstić information content (AvgIpc) is 2.80. The van der Waals surface area contributed by atoms with Gasteiger partial charge in [-0.05, 0) is 22.3 Å². The molecule has 3 rings (SSSR count). The van der Waals surface area contributed by atoms with Gasteiger partial charge in [-0.25, -0.2) is 0 Å². The fourth-order valence-electron chi connectivity index (χ4n) is 2.43. The van der Waals surface area contributed by atoms with Crippen LogP contribution in [-0.2, 0) is 6.42 Å². The first kappa shape index (κ1) is 26.6. The van der Waals surface area contributed by atoms with Gasteiger partial charge in [-0.2, -0.15) is 6.42 Å². The quantitative estimate of drug-likeness (QED) is 0.426. The van der Waals surface area contributed by atoms with Gasteiger partial charge < -0.3 is 6.92 Å². The van der Waals surface area contributed by atoms with E-state index in [2.05, 4.69) is 39.3 Å². The molecule has 0 unspecified atom stereocenters. The van der Waals surface area contributed by atoms with Crippen LogP contribution in [-0.4, -0.2) is 0 Å². The van der Waals surface area contributed by atoms with Gasteiger partial charge in [-0.15, -0.1) is 0 Å². The standard InChI is InChI=1S/C10H11.C10H10.C8H8.Na/c2*1-3-9-7-5-6-8-10(9)4-2;1-2-8-6-4-3-5-7-8;/h3,5-8H,1-2,4H2;3-8H,1-2H2;2-7H,1H2;/q-1;;;+1. The molecule has 1 heteroatoms. The molecular formula is C28H29Na. The molecule has 0 aromatic heterocycles. The van der Waals surface area contributed by atoms with Crippen molar-refractivity contribution < 1.29 is 29.6 Å². The van der Waals surface area contributed by atoms with Crippen molar-refractivity contribution in [2.45, 2.75) is 6.42 Å². The Kier molecular flexibility index (Phi) is 15.2. The number of rotatable bonds is 5. The molecule has 0 atom stereocenters. The maximum Gasteiger partial charge on any atom is 1.00 e. The van der Waals surface area contributed by atoms with E-state index in [9.17, 15) is 0 Å². The van der Waals surface area contributed by atoms with Crippen LogP contribution in [0.4, 0.5) is 0 Å². The van der Waals surface area contributed by atoms with Crippen molar-refractivity contribution in [2.24, 2.45) is 0 Å². The molecule has 0 aliphatic carbocycles. The Labute approximate surface area is 199 Å². The van der Waals surface area contributed by atoms with Crippen LogP contribution >= 0.6 is 0 Å². The molecule has 0 aliphatic heterocycles. The van der Waals surface area contributed by atoms with Crippen LogP contribution in [0.1, 0.15) is 27.8 Å². The smallest absolute Gasteiger partial charge is 0.339 e. The second-order valence-electron chi connectivity index (χ2n) is 5.80. The molecule has 0 saturated heterocycles. The zero-order chi connectivity index (χ0) is 20.6. The van der Waals surface area contributed by atoms with E-state index in [4.69, 9.17) is 0 Å². The summed E-state index contributed by atoms with van der Waals surface area (Å²) in [6.07, 6.45) is 8.19. The summed E-state index contributed by atoms with van der Waals surface area (Å²) in [6.45, 7) is 18.5. The summed E-state index contributed by atoms with van der Waals surface area (Å²) < 4.78 is 0. The van der Waals surface area contributed by atoms with Crippen LogP contribution in [0, 0.1) is 6.92 Å². The molecule has 0 fully saturated rings. The molecule has 0 spiro atoms. The Bertz CT molecular complexity index is 849. The van der Waals surface area contributed by atoms with Gasteiger partial charge in [0.25, 0.3) is 0 Å². The summed E-state index contributed by atoms with van der Waals surface area (Å²) in [7, 11) is 0. The summed E-state index contributed by atoms with van der Waals surface area (Å²) in [4.78, 5) is 0. The minimum Gasteiger partial charge on any atom is -0.339 e. The summed E-state index contributed by atoms with van der Waals surface area (Å²) >= 11 is 0. The second-order valence-corrected chi connectivity index (χ2v) is 5.80. The van der Waals surface area contributed by atoms with Crippen molar-refractivity contribution in [3.8, 4) is 0 Å². The molecular weight excluding hydrogens is 359 g/mol. The van der Waals surface area contributed by atoms with Crippen molar-refractivity contribution in [2.75, 3.05) is 0 Å². The Balaban J connectivity index is 0.000000401.